The summed E-state index contributed by atoms with van der Waals surface area (Å²) in [6.45, 7) is 8.23. The van der Waals surface area contributed by atoms with Gasteiger partial charge in [-0.3, -0.25) is 0 Å². The predicted molar refractivity (Wildman–Crippen MR) is 105 cm³/mol. The first-order chi connectivity index (χ1) is 12.7. The highest BCUT2D eigenvalue weighted by molar-refractivity contribution is 5.56. The van der Waals surface area contributed by atoms with Gasteiger partial charge in [-0.2, -0.15) is 5.26 Å². The van der Waals surface area contributed by atoms with Crippen LogP contribution in [-0.4, -0.2) is 42.6 Å². The van der Waals surface area contributed by atoms with Gasteiger partial charge in [0.1, 0.15) is 11.9 Å². The van der Waals surface area contributed by atoms with Crippen LogP contribution in [0, 0.1) is 23.2 Å². The van der Waals surface area contributed by atoms with Crippen molar-refractivity contribution in [2.24, 2.45) is 11.8 Å². The molecule has 2 fully saturated rings. The van der Waals surface area contributed by atoms with E-state index in [2.05, 4.69) is 28.9 Å². The molecule has 3 aliphatic rings. The van der Waals surface area contributed by atoms with Crippen molar-refractivity contribution >= 4 is 5.82 Å². The van der Waals surface area contributed by atoms with Crippen LogP contribution in [0.2, 0.25) is 0 Å². The molecule has 0 saturated carbocycles. The Kier molecular flexibility index (Phi) is 5.45. The lowest BCUT2D eigenvalue weighted by Gasteiger charge is -2.38. The van der Waals surface area contributed by atoms with E-state index in [9.17, 15) is 5.26 Å². The van der Waals surface area contributed by atoms with Crippen molar-refractivity contribution in [3.05, 3.63) is 22.9 Å². The van der Waals surface area contributed by atoms with E-state index in [4.69, 9.17) is 4.98 Å². The molecule has 2 aliphatic heterocycles. The van der Waals surface area contributed by atoms with Gasteiger partial charge < -0.3 is 9.80 Å². The number of nitrogens with zero attached hydrogens (tertiary/aromatic N) is 4. The standard InChI is InChI=1S/C22H32N4/c1-17-8-11-25(12-9-17)15-18-5-4-10-26(16-18)22-20(14-23)13-19-6-2-3-7-21(19)24-22/h13,17-18H,2-12,15-16H2,1H3. The summed E-state index contributed by atoms with van der Waals surface area (Å²) in [5, 5.41) is 9.68. The van der Waals surface area contributed by atoms with Crippen LogP contribution >= 0.6 is 0 Å². The SMILES string of the molecule is CC1CCN(CC2CCCN(c3nc4c(cc3C#N)CCCC4)C2)CC1. The number of likely N-dealkylation sites (tertiary alicyclic amines) is 1. The van der Waals surface area contributed by atoms with Crippen molar-refractivity contribution in [1.29, 1.82) is 5.26 Å². The molecule has 1 aromatic rings. The molecule has 1 atom stereocenters. The lowest BCUT2D eigenvalue weighted by Crippen LogP contribution is -2.43. The summed E-state index contributed by atoms with van der Waals surface area (Å²) >= 11 is 0. The average molecular weight is 353 g/mol. The maximum Gasteiger partial charge on any atom is 0.146 e. The molecule has 0 amide bonds. The summed E-state index contributed by atoms with van der Waals surface area (Å²) in [5.74, 6) is 2.57. The summed E-state index contributed by atoms with van der Waals surface area (Å²) in [6, 6.07) is 4.56. The molecule has 1 unspecified atom stereocenters. The minimum Gasteiger partial charge on any atom is -0.355 e. The molecule has 1 aliphatic carbocycles. The molecule has 140 valence electrons. The molecule has 4 nitrogen and oxygen atoms in total. The van der Waals surface area contributed by atoms with Gasteiger partial charge in [-0.25, -0.2) is 4.98 Å². The molecule has 0 bridgehead atoms. The van der Waals surface area contributed by atoms with Crippen molar-refractivity contribution in [1.82, 2.24) is 9.88 Å². The monoisotopic (exact) mass is 352 g/mol. The first kappa shape index (κ1) is 17.8. The van der Waals surface area contributed by atoms with Gasteiger partial charge in [0, 0.05) is 25.3 Å². The van der Waals surface area contributed by atoms with Crippen molar-refractivity contribution < 1.29 is 0 Å². The maximum absolute atomic E-state index is 9.68. The van der Waals surface area contributed by atoms with Crippen LogP contribution in [0.4, 0.5) is 5.82 Å². The van der Waals surface area contributed by atoms with E-state index < -0.39 is 0 Å². The molecule has 0 radical (unpaired) electrons. The molecular weight excluding hydrogens is 320 g/mol. The summed E-state index contributed by atoms with van der Waals surface area (Å²) in [6.07, 6.45) is 9.88. The molecule has 1 aromatic heterocycles. The molecule has 26 heavy (non-hydrogen) atoms. The Balaban J connectivity index is 1.46. The number of hydrogen-bond acceptors (Lipinski definition) is 4. The molecule has 4 rings (SSSR count). The summed E-state index contributed by atoms with van der Waals surface area (Å²) < 4.78 is 0. The average Bonchev–Trinajstić information content (AvgIpc) is 2.69. The second-order valence-electron chi connectivity index (χ2n) is 8.72. The smallest absolute Gasteiger partial charge is 0.146 e. The van der Waals surface area contributed by atoms with Gasteiger partial charge in [0.15, 0.2) is 0 Å². The van der Waals surface area contributed by atoms with E-state index in [1.165, 1.54) is 69.4 Å². The largest absolute Gasteiger partial charge is 0.355 e. The third-order valence-corrected chi connectivity index (χ3v) is 6.61. The predicted octanol–water partition coefficient (Wildman–Crippen LogP) is 3.78. The fourth-order valence-electron chi connectivity index (χ4n) is 4.96. The Bertz CT molecular complexity index is 669. The topological polar surface area (TPSA) is 43.2 Å². The normalized spacial score (nSPS) is 24.9. The van der Waals surface area contributed by atoms with Crippen LogP contribution in [0.1, 0.15) is 62.3 Å². The van der Waals surface area contributed by atoms with Crippen LogP contribution in [0.15, 0.2) is 6.07 Å². The summed E-state index contributed by atoms with van der Waals surface area (Å²) in [7, 11) is 0. The van der Waals surface area contributed by atoms with Crippen LogP contribution < -0.4 is 4.90 Å². The van der Waals surface area contributed by atoms with Crippen molar-refractivity contribution in [2.45, 2.75) is 58.3 Å². The molecule has 0 N–H and O–H groups in total. The molecule has 0 aromatic carbocycles. The Morgan fingerprint density at radius 1 is 1.12 bits per heavy atom. The number of piperidine rings is 2. The number of pyridine rings is 1. The maximum atomic E-state index is 9.68. The second-order valence-corrected chi connectivity index (χ2v) is 8.72. The number of aryl methyl sites for hydroxylation is 2. The van der Waals surface area contributed by atoms with Crippen molar-refractivity contribution in [2.75, 3.05) is 37.6 Å². The highest BCUT2D eigenvalue weighted by Gasteiger charge is 2.27. The van der Waals surface area contributed by atoms with Crippen LogP contribution in [-0.2, 0) is 12.8 Å². The number of nitriles is 1. The Hall–Kier alpha value is -1.60. The van der Waals surface area contributed by atoms with Crippen molar-refractivity contribution in [3.63, 3.8) is 0 Å². The zero-order valence-corrected chi connectivity index (χ0v) is 16.2. The lowest BCUT2D eigenvalue weighted by atomic mass is 9.93. The minimum atomic E-state index is 0.710. The number of anilines is 1. The van der Waals surface area contributed by atoms with Crippen LogP contribution in [0.3, 0.4) is 0 Å². The van der Waals surface area contributed by atoms with Crippen LogP contribution in [0.25, 0.3) is 0 Å². The first-order valence-electron chi connectivity index (χ1n) is 10.6. The Labute approximate surface area is 158 Å². The fraction of sp³-hybridized carbons (Fsp3) is 0.727. The summed E-state index contributed by atoms with van der Waals surface area (Å²) in [4.78, 5) is 10.1. The van der Waals surface area contributed by atoms with E-state index in [0.717, 1.165) is 43.2 Å². The molecular formula is C22H32N4. The van der Waals surface area contributed by atoms with Gasteiger partial charge >= 0.3 is 0 Å². The quantitative estimate of drug-likeness (QED) is 0.830. The number of fused-ring (bicyclic) bond motifs is 1. The van der Waals surface area contributed by atoms with Gasteiger partial charge in [0.25, 0.3) is 0 Å². The zero-order chi connectivity index (χ0) is 17.9. The molecule has 0 spiro atoms. The van der Waals surface area contributed by atoms with E-state index in [0.29, 0.717) is 5.92 Å². The van der Waals surface area contributed by atoms with E-state index in [1.807, 2.05) is 0 Å². The fourth-order valence-corrected chi connectivity index (χ4v) is 4.96. The molecule has 4 heteroatoms. The Morgan fingerprint density at radius 2 is 1.92 bits per heavy atom. The zero-order valence-electron chi connectivity index (χ0n) is 16.2. The highest BCUT2D eigenvalue weighted by Crippen LogP contribution is 2.30. The second kappa shape index (κ2) is 7.96. The van der Waals surface area contributed by atoms with Gasteiger partial charge in [0.05, 0.1) is 5.56 Å². The third-order valence-electron chi connectivity index (χ3n) is 6.61. The highest BCUT2D eigenvalue weighted by atomic mass is 15.2. The minimum absolute atomic E-state index is 0.710. The van der Waals surface area contributed by atoms with E-state index in [-0.39, 0.29) is 0 Å². The van der Waals surface area contributed by atoms with Crippen molar-refractivity contribution in [3.8, 4) is 6.07 Å². The van der Waals surface area contributed by atoms with Gasteiger partial charge in [-0.05, 0) is 87.9 Å². The number of rotatable bonds is 3. The summed E-state index contributed by atoms with van der Waals surface area (Å²) in [5.41, 5.74) is 3.35. The number of hydrogen-bond donors (Lipinski definition) is 0. The van der Waals surface area contributed by atoms with E-state index in [1.54, 1.807) is 0 Å². The lowest BCUT2D eigenvalue weighted by molar-refractivity contribution is 0.159. The molecule has 3 heterocycles. The molecule has 2 saturated heterocycles. The Morgan fingerprint density at radius 3 is 2.73 bits per heavy atom. The van der Waals surface area contributed by atoms with E-state index >= 15 is 0 Å². The van der Waals surface area contributed by atoms with Gasteiger partial charge in [-0.1, -0.05) is 6.92 Å². The first-order valence-corrected chi connectivity index (χ1v) is 10.6. The van der Waals surface area contributed by atoms with Gasteiger partial charge in [0.2, 0.25) is 0 Å². The van der Waals surface area contributed by atoms with Crippen LogP contribution in [0.5, 0.6) is 0 Å². The number of aromatic nitrogens is 1. The van der Waals surface area contributed by atoms with Gasteiger partial charge in [-0.15, -0.1) is 0 Å². The third kappa shape index (κ3) is 3.88.